The molecule has 2 N–H and O–H groups in total. The van der Waals surface area contributed by atoms with Crippen molar-refractivity contribution in [3.63, 3.8) is 0 Å². The van der Waals surface area contributed by atoms with Crippen LogP contribution < -0.4 is 10.5 Å². The van der Waals surface area contributed by atoms with Gasteiger partial charge in [-0.15, -0.1) is 0 Å². The molecule has 0 fully saturated rings. The number of aromatic nitrogens is 2. The molecule has 0 amide bonds. The summed E-state index contributed by atoms with van der Waals surface area (Å²) in [7, 11) is 0. The van der Waals surface area contributed by atoms with Crippen molar-refractivity contribution < 1.29 is 4.74 Å². The third-order valence-corrected chi connectivity index (χ3v) is 2.71. The summed E-state index contributed by atoms with van der Waals surface area (Å²) in [6.07, 6.45) is 4.40. The van der Waals surface area contributed by atoms with E-state index < -0.39 is 0 Å². The van der Waals surface area contributed by atoms with Gasteiger partial charge in [0.2, 0.25) is 5.88 Å². The quantitative estimate of drug-likeness (QED) is 0.825. The molecule has 17 heavy (non-hydrogen) atoms. The van der Waals surface area contributed by atoms with E-state index in [0.29, 0.717) is 18.4 Å². The molecule has 0 aliphatic heterocycles. The van der Waals surface area contributed by atoms with Crippen LogP contribution in [0.15, 0.2) is 12.4 Å². The number of rotatable bonds is 6. The number of ether oxygens (including phenoxy) is 1. The summed E-state index contributed by atoms with van der Waals surface area (Å²) >= 11 is 0. The zero-order valence-corrected chi connectivity index (χ0v) is 11.2. The maximum Gasteiger partial charge on any atom is 0.232 e. The molecule has 0 radical (unpaired) electrons. The Hall–Kier alpha value is -1.16. The molecular formula is C13H23N3O. The van der Waals surface area contributed by atoms with Crippen molar-refractivity contribution >= 4 is 0 Å². The molecule has 2 atom stereocenters. The first-order chi connectivity index (χ1) is 8.06. The summed E-state index contributed by atoms with van der Waals surface area (Å²) in [6.45, 7) is 9.04. The van der Waals surface area contributed by atoms with Crippen LogP contribution in [0.4, 0.5) is 0 Å². The first-order valence-electron chi connectivity index (χ1n) is 6.26. The lowest BCUT2D eigenvalue weighted by Gasteiger charge is -2.23. The highest BCUT2D eigenvalue weighted by atomic mass is 16.5. The maximum absolute atomic E-state index is 6.01. The van der Waals surface area contributed by atoms with Crippen LogP contribution in [0.1, 0.15) is 45.7 Å². The van der Waals surface area contributed by atoms with Crippen LogP contribution in [0.3, 0.4) is 0 Å². The van der Waals surface area contributed by atoms with E-state index in [2.05, 4.69) is 30.7 Å². The van der Waals surface area contributed by atoms with Crippen molar-refractivity contribution in [2.45, 2.75) is 46.1 Å². The SMILES string of the molecule is CCCOc1cncc(C(C(C)C)C(C)N)n1. The van der Waals surface area contributed by atoms with Crippen LogP contribution in [-0.4, -0.2) is 22.6 Å². The van der Waals surface area contributed by atoms with E-state index in [1.165, 1.54) is 0 Å². The topological polar surface area (TPSA) is 61.0 Å². The highest BCUT2D eigenvalue weighted by Crippen LogP contribution is 2.26. The first-order valence-corrected chi connectivity index (χ1v) is 6.26. The van der Waals surface area contributed by atoms with Gasteiger partial charge in [0.25, 0.3) is 0 Å². The molecule has 0 saturated carbocycles. The third kappa shape index (κ3) is 3.97. The van der Waals surface area contributed by atoms with Gasteiger partial charge < -0.3 is 10.5 Å². The molecule has 0 aromatic carbocycles. The molecule has 96 valence electrons. The van der Waals surface area contributed by atoms with Gasteiger partial charge >= 0.3 is 0 Å². The molecule has 1 aromatic rings. The fourth-order valence-corrected chi connectivity index (χ4v) is 2.02. The van der Waals surface area contributed by atoms with Crippen LogP contribution in [0.25, 0.3) is 0 Å². The predicted molar refractivity (Wildman–Crippen MR) is 69.0 cm³/mol. The summed E-state index contributed by atoms with van der Waals surface area (Å²) in [5.74, 6) is 1.24. The van der Waals surface area contributed by atoms with E-state index in [1.54, 1.807) is 12.4 Å². The Labute approximate surface area is 104 Å². The smallest absolute Gasteiger partial charge is 0.232 e. The van der Waals surface area contributed by atoms with Gasteiger partial charge in [-0.05, 0) is 19.3 Å². The van der Waals surface area contributed by atoms with Gasteiger partial charge in [-0.2, -0.15) is 0 Å². The summed E-state index contributed by atoms with van der Waals surface area (Å²) < 4.78 is 5.49. The van der Waals surface area contributed by atoms with E-state index in [9.17, 15) is 0 Å². The molecule has 1 heterocycles. The van der Waals surface area contributed by atoms with Gasteiger partial charge in [0.05, 0.1) is 18.5 Å². The van der Waals surface area contributed by atoms with E-state index >= 15 is 0 Å². The number of hydrogen-bond acceptors (Lipinski definition) is 4. The Kier molecular flexibility index (Phi) is 5.35. The Bertz CT molecular complexity index is 331. The second-order valence-corrected chi connectivity index (χ2v) is 4.76. The minimum Gasteiger partial charge on any atom is -0.477 e. The standard InChI is InChI=1S/C13H23N3O/c1-5-6-17-12-8-15-7-11(16-12)13(9(2)3)10(4)14/h7-10,13H,5-6,14H2,1-4H3. The maximum atomic E-state index is 6.01. The molecule has 1 aromatic heterocycles. The fourth-order valence-electron chi connectivity index (χ4n) is 2.02. The Morgan fingerprint density at radius 2 is 2.00 bits per heavy atom. The molecule has 0 saturated heterocycles. The average molecular weight is 237 g/mol. The van der Waals surface area contributed by atoms with Crippen molar-refractivity contribution in [3.8, 4) is 5.88 Å². The molecule has 0 bridgehead atoms. The Morgan fingerprint density at radius 1 is 1.29 bits per heavy atom. The second kappa shape index (κ2) is 6.55. The van der Waals surface area contributed by atoms with Crippen molar-refractivity contribution in [2.75, 3.05) is 6.61 Å². The van der Waals surface area contributed by atoms with Gasteiger partial charge in [0.15, 0.2) is 0 Å². The number of nitrogens with zero attached hydrogens (tertiary/aromatic N) is 2. The lowest BCUT2D eigenvalue weighted by atomic mass is 9.87. The zero-order chi connectivity index (χ0) is 12.8. The minimum atomic E-state index is 0.0609. The van der Waals surface area contributed by atoms with Crippen molar-refractivity contribution in [1.82, 2.24) is 9.97 Å². The zero-order valence-electron chi connectivity index (χ0n) is 11.2. The molecule has 4 heteroatoms. The van der Waals surface area contributed by atoms with Crippen molar-refractivity contribution in [3.05, 3.63) is 18.1 Å². The molecule has 2 unspecified atom stereocenters. The fraction of sp³-hybridized carbons (Fsp3) is 0.692. The second-order valence-electron chi connectivity index (χ2n) is 4.76. The Morgan fingerprint density at radius 3 is 2.53 bits per heavy atom. The highest BCUT2D eigenvalue weighted by molar-refractivity contribution is 5.14. The molecule has 0 aliphatic carbocycles. The van der Waals surface area contributed by atoms with E-state index in [0.717, 1.165) is 12.1 Å². The van der Waals surface area contributed by atoms with E-state index in [1.807, 2.05) is 6.92 Å². The molecule has 0 spiro atoms. The Balaban J connectivity index is 2.88. The van der Waals surface area contributed by atoms with Crippen LogP contribution in [0, 0.1) is 5.92 Å². The van der Waals surface area contributed by atoms with Crippen LogP contribution >= 0.6 is 0 Å². The monoisotopic (exact) mass is 237 g/mol. The van der Waals surface area contributed by atoms with Crippen LogP contribution in [-0.2, 0) is 0 Å². The van der Waals surface area contributed by atoms with Gasteiger partial charge in [-0.1, -0.05) is 20.8 Å². The van der Waals surface area contributed by atoms with Gasteiger partial charge in [0.1, 0.15) is 0 Å². The van der Waals surface area contributed by atoms with E-state index in [4.69, 9.17) is 10.5 Å². The lowest BCUT2D eigenvalue weighted by molar-refractivity contribution is 0.300. The van der Waals surface area contributed by atoms with Gasteiger partial charge in [-0.25, -0.2) is 4.98 Å². The van der Waals surface area contributed by atoms with Crippen molar-refractivity contribution in [1.29, 1.82) is 0 Å². The number of nitrogens with two attached hydrogens (primary N) is 1. The summed E-state index contributed by atoms with van der Waals surface area (Å²) in [4.78, 5) is 8.67. The average Bonchev–Trinajstić information content (AvgIpc) is 2.26. The van der Waals surface area contributed by atoms with Crippen LogP contribution in [0.2, 0.25) is 0 Å². The third-order valence-electron chi connectivity index (χ3n) is 2.71. The van der Waals surface area contributed by atoms with E-state index in [-0.39, 0.29) is 12.0 Å². The van der Waals surface area contributed by atoms with Gasteiger partial charge in [-0.3, -0.25) is 4.98 Å². The number of hydrogen-bond donors (Lipinski definition) is 1. The summed E-state index contributed by atoms with van der Waals surface area (Å²) in [5, 5.41) is 0. The molecule has 4 nitrogen and oxygen atoms in total. The van der Waals surface area contributed by atoms with Gasteiger partial charge in [0, 0.05) is 18.2 Å². The van der Waals surface area contributed by atoms with Crippen LogP contribution in [0.5, 0.6) is 5.88 Å². The highest BCUT2D eigenvalue weighted by Gasteiger charge is 2.22. The largest absolute Gasteiger partial charge is 0.477 e. The molecular weight excluding hydrogens is 214 g/mol. The normalized spacial score (nSPS) is 14.7. The summed E-state index contributed by atoms with van der Waals surface area (Å²) in [6, 6.07) is 0.0609. The van der Waals surface area contributed by atoms with Crippen molar-refractivity contribution in [2.24, 2.45) is 11.7 Å². The molecule has 1 rings (SSSR count). The lowest BCUT2D eigenvalue weighted by Crippen LogP contribution is -2.29. The first kappa shape index (κ1) is 13.9. The summed E-state index contributed by atoms with van der Waals surface area (Å²) in [5.41, 5.74) is 6.93. The molecule has 0 aliphatic rings. The predicted octanol–water partition coefficient (Wildman–Crippen LogP) is 2.35. The minimum absolute atomic E-state index is 0.0609.